The van der Waals surface area contributed by atoms with Gasteiger partial charge in [0, 0.05) is 21.6 Å². The molecule has 0 spiro atoms. The quantitative estimate of drug-likeness (QED) is 0.806. The number of halogens is 3. The van der Waals surface area contributed by atoms with Crippen LogP contribution in [0.4, 0.5) is 0 Å². The molecule has 0 saturated heterocycles. The van der Waals surface area contributed by atoms with Crippen LogP contribution in [0.3, 0.4) is 0 Å². The molecule has 1 aromatic heterocycles. The lowest BCUT2D eigenvalue weighted by molar-refractivity contribution is 0.206. The zero-order valence-electron chi connectivity index (χ0n) is 10.3. The minimum absolute atomic E-state index is 0.534. The number of hydrogen-bond donors (Lipinski definition) is 1. The minimum Gasteiger partial charge on any atom is -0.382 e. The van der Waals surface area contributed by atoms with Crippen molar-refractivity contribution in [3.8, 4) is 0 Å². The van der Waals surface area contributed by atoms with E-state index in [1.165, 1.54) is 0 Å². The average molecular weight is 409 g/mol. The van der Waals surface area contributed by atoms with Gasteiger partial charge in [0.2, 0.25) is 0 Å². The van der Waals surface area contributed by atoms with Crippen LogP contribution in [-0.2, 0) is 6.54 Å². The van der Waals surface area contributed by atoms with E-state index >= 15 is 0 Å². The van der Waals surface area contributed by atoms with Gasteiger partial charge in [0.15, 0.2) is 0 Å². The fraction of sp³-hybridized carbons (Fsp3) is 0.308. The SMILES string of the molecule is CCCn1ncc(Br)c1C(O)c1cc(Br)ccc1Cl. The van der Waals surface area contributed by atoms with Gasteiger partial charge in [-0.1, -0.05) is 34.5 Å². The molecule has 2 rings (SSSR count). The summed E-state index contributed by atoms with van der Waals surface area (Å²) in [6.45, 7) is 2.82. The fourth-order valence-electron chi connectivity index (χ4n) is 1.91. The number of aromatic nitrogens is 2. The molecule has 0 bridgehead atoms. The Bertz CT molecular complexity index is 586. The number of aryl methyl sites for hydroxylation is 1. The lowest BCUT2D eigenvalue weighted by Gasteiger charge is -2.16. The lowest BCUT2D eigenvalue weighted by atomic mass is 10.1. The first-order chi connectivity index (χ1) is 9.04. The lowest BCUT2D eigenvalue weighted by Crippen LogP contribution is -2.11. The second-order valence-corrected chi connectivity index (χ2v) is 6.35. The molecule has 0 aliphatic rings. The molecule has 1 unspecified atom stereocenters. The maximum absolute atomic E-state index is 10.6. The van der Waals surface area contributed by atoms with Crippen molar-refractivity contribution < 1.29 is 5.11 Å². The van der Waals surface area contributed by atoms with E-state index in [0.29, 0.717) is 10.6 Å². The Morgan fingerprint density at radius 2 is 2.16 bits per heavy atom. The molecule has 1 atom stereocenters. The van der Waals surface area contributed by atoms with Crippen LogP contribution in [0.15, 0.2) is 33.3 Å². The molecule has 19 heavy (non-hydrogen) atoms. The first kappa shape index (κ1) is 15.0. The van der Waals surface area contributed by atoms with Crippen molar-refractivity contribution >= 4 is 43.5 Å². The van der Waals surface area contributed by atoms with E-state index in [9.17, 15) is 5.11 Å². The molecular weight excluding hydrogens is 395 g/mol. The van der Waals surface area contributed by atoms with Gasteiger partial charge in [0.25, 0.3) is 0 Å². The number of hydrogen-bond acceptors (Lipinski definition) is 2. The number of rotatable bonds is 4. The Morgan fingerprint density at radius 1 is 1.42 bits per heavy atom. The fourth-order valence-corrected chi connectivity index (χ4v) is 3.02. The van der Waals surface area contributed by atoms with Gasteiger partial charge in [-0.2, -0.15) is 5.10 Å². The summed E-state index contributed by atoms with van der Waals surface area (Å²) in [5.74, 6) is 0. The van der Waals surface area contributed by atoms with Crippen molar-refractivity contribution in [1.29, 1.82) is 0 Å². The Hall–Kier alpha value is -0.360. The van der Waals surface area contributed by atoms with E-state index in [2.05, 4.69) is 43.9 Å². The first-order valence-electron chi connectivity index (χ1n) is 5.88. The molecule has 0 aliphatic heterocycles. The summed E-state index contributed by atoms with van der Waals surface area (Å²) >= 11 is 13.0. The third-order valence-electron chi connectivity index (χ3n) is 2.78. The highest BCUT2D eigenvalue weighted by atomic mass is 79.9. The summed E-state index contributed by atoms with van der Waals surface area (Å²) in [5.41, 5.74) is 1.39. The highest BCUT2D eigenvalue weighted by Crippen LogP contribution is 2.34. The van der Waals surface area contributed by atoms with E-state index in [1.54, 1.807) is 16.9 Å². The first-order valence-corrected chi connectivity index (χ1v) is 7.85. The smallest absolute Gasteiger partial charge is 0.123 e. The molecule has 102 valence electrons. The molecule has 6 heteroatoms. The summed E-state index contributed by atoms with van der Waals surface area (Å²) in [5, 5.41) is 15.4. The summed E-state index contributed by atoms with van der Waals surface area (Å²) in [6.07, 6.45) is 1.83. The predicted octanol–water partition coefficient (Wildman–Crippen LogP) is 4.55. The van der Waals surface area contributed by atoms with Crippen LogP contribution in [0, 0.1) is 0 Å². The summed E-state index contributed by atoms with van der Waals surface area (Å²) < 4.78 is 3.46. The largest absolute Gasteiger partial charge is 0.382 e. The summed E-state index contributed by atoms with van der Waals surface area (Å²) in [7, 11) is 0. The number of benzene rings is 1. The van der Waals surface area contributed by atoms with Crippen molar-refractivity contribution in [2.24, 2.45) is 0 Å². The van der Waals surface area contributed by atoms with Crippen LogP contribution in [-0.4, -0.2) is 14.9 Å². The van der Waals surface area contributed by atoms with E-state index < -0.39 is 6.10 Å². The van der Waals surface area contributed by atoms with Crippen molar-refractivity contribution in [1.82, 2.24) is 9.78 Å². The molecular formula is C13H13Br2ClN2O. The molecule has 1 heterocycles. The van der Waals surface area contributed by atoms with Crippen LogP contribution in [0.2, 0.25) is 5.02 Å². The molecule has 1 N–H and O–H groups in total. The standard InChI is InChI=1S/C13H13Br2ClN2O/c1-2-5-18-12(10(15)7-17-18)13(19)9-6-8(14)3-4-11(9)16/h3-4,6-7,13,19H,2,5H2,1H3. The molecule has 0 aliphatic carbocycles. The Balaban J connectivity index is 2.46. The van der Waals surface area contributed by atoms with Gasteiger partial charge >= 0.3 is 0 Å². The van der Waals surface area contributed by atoms with Gasteiger partial charge in [-0.25, -0.2) is 0 Å². The Morgan fingerprint density at radius 3 is 2.84 bits per heavy atom. The zero-order chi connectivity index (χ0) is 14.0. The van der Waals surface area contributed by atoms with Crippen LogP contribution in [0.1, 0.15) is 30.7 Å². The highest BCUT2D eigenvalue weighted by molar-refractivity contribution is 9.10. The second kappa shape index (κ2) is 6.39. The molecule has 2 aromatic rings. The van der Waals surface area contributed by atoms with Gasteiger partial charge in [-0.05, 0) is 40.5 Å². The van der Waals surface area contributed by atoms with Gasteiger partial charge in [-0.3, -0.25) is 4.68 Å². The van der Waals surface area contributed by atoms with Crippen molar-refractivity contribution in [3.05, 3.63) is 49.6 Å². The maximum Gasteiger partial charge on any atom is 0.123 e. The third-order valence-corrected chi connectivity index (χ3v) is 4.23. The monoisotopic (exact) mass is 406 g/mol. The van der Waals surface area contributed by atoms with E-state index in [4.69, 9.17) is 11.6 Å². The average Bonchev–Trinajstić information content (AvgIpc) is 2.73. The molecule has 3 nitrogen and oxygen atoms in total. The van der Waals surface area contributed by atoms with E-state index in [1.807, 2.05) is 12.1 Å². The van der Waals surface area contributed by atoms with Crippen molar-refractivity contribution in [2.45, 2.75) is 26.0 Å². The van der Waals surface area contributed by atoms with Crippen LogP contribution >= 0.6 is 43.5 Å². The number of aliphatic hydroxyl groups excluding tert-OH is 1. The highest BCUT2D eigenvalue weighted by Gasteiger charge is 2.21. The van der Waals surface area contributed by atoms with E-state index in [0.717, 1.165) is 27.6 Å². The van der Waals surface area contributed by atoms with Gasteiger partial charge in [-0.15, -0.1) is 0 Å². The van der Waals surface area contributed by atoms with Crippen LogP contribution < -0.4 is 0 Å². The van der Waals surface area contributed by atoms with Gasteiger partial charge in [0.05, 0.1) is 16.4 Å². The zero-order valence-corrected chi connectivity index (χ0v) is 14.2. The van der Waals surface area contributed by atoms with Crippen molar-refractivity contribution in [2.75, 3.05) is 0 Å². The van der Waals surface area contributed by atoms with Crippen molar-refractivity contribution in [3.63, 3.8) is 0 Å². The van der Waals surface area contributed by atoms with E-state index in [-0.39, 0.29) is 0 Å². The maximum atomic E-state index is 10.6. The molecule has 0 amide bonds. The third kappa shape index (κ3) is 3.21. The van der Waals surface area contributed by atoms with Crippen LogP contribution in [0.5, 0.6) is 0 Å². The van der Waals surface area contributed by atoms with Crippen LogP contribution in [0.25, 0.3) is 0 Å². The number of nitrogens with zero attached hydrogens (tertiary/aromatic N) is 2. The normalized spacial score (nSPS) is 12.7. The molecule has 0 fully saturated rings. The molecule has 0 radical (unpaired) electrons. The topological polar surface area (TPSA) is 38.0 Å². The second-order valence-electron chi connectivity index (χ2n) is 4.17. The number of aliphatic hydroxyl groups is 1. The summed E-state index contributed by atoms with van der Waals surface area (Å²) in [4.78, 5) is 0. The minimum atomic E-state index is -0.812. The predicted molar refractivity (Wildman–Crippen MR) is 83.4 cm³/mol. The Kier molecular flexibility index (Phi) is 5.06. The summed E-state index contributed by atoms with van der Waals surface area (Å²) in [6, 6.07) is 5.43. The van der Waals surface area contributed by atoms with Gasteiger partial charge in [0.1, 0.15) is 6.10 Å². The Labute approximate surface area is 133 Å². The van der Waals surface area contributed by atoms with Gasteiger partial charge < -0.3 is 5.11 Å². The molecule has 1 aromatic carbocycles. The molecule has 0 saturated carbocycles.